The molecule has 3 N–H and O–H groups in total. The Morgan fingerprint density at radius 2 is 2.29 bits per heavy atom. The Hall–Kier alpha value is -1.67. The summed E-state index contributed by atoms with van der Waals surface area (Å²) in [7, 11) is 0. The van der Waals surface area contributed by atoms with Crippen LogP contribution in [0.15, 0.2) is 22.7 Å². The summed E-state index contributed by atoms with van der Waals surface area (Å²) in [6, 6.07) is 4.07. The molecule has 0 aliphatic rings. The lowest BCUT2D eigenvalue weighted by atomic mass is 10.2. The molecule has 0 bridgehead atoms. The average molecular weight is 360 g/mol. The highest BCUT2D eigenvalue weighted by Crippen LogP contribution is 2.34. The summed E-state index contributed by atoms with van der Waals surface area (Å²) >= 11 is 3.22. The van der Waals surface area contributed by atoms with Gasteiger partial charge >= 0.3 is 5.69 Å². The van der Waals surface area contributed by atoms with Gasteiger partial charge in [0.1, 0.15) is 0 Å². The number of hydrogen-bond donors (Lipinski definition) is 2. The summed E-state index contributed by atoms with van der Waals surface area (Å²) in [5.41, 5.74) is 5.17. The van der Waals surface area contributed by atoms with Crippen molar-refractivity contribution in [2.24, 2.45) is 5.73 Å². The number of nitro benzene ring substituents is 1. The summed E-state index contributed by atoms with van der Waals surface area (Å²) in [6.45, 7) is 2.79. The molecule has 0 aromatic heterocycles. The number of rotatable bonds is 9. The number of amides is 1. The first-order valence-electron chi connectivity index (χ1n) is 6.55. The first kappa shape index (κ1) is 17.4. The van der Waals surface area contributed by atoms with Gasteiger partial charge in [-0.05, 0) is 35.0 Å². The van der Waals surface area contributed by atoms with E-state index in [4.69, 9.17) is 10.5 Å². The number of nitrogens with zero attached hydrogens (tertiary/aromatic N) is 1. The van der Waals surface area contributed by atoms with E-state index in [2.05, 4.69) is 21.2 Å². The van der Waals surface area contributed by atoms with Crippen molar-refractivity contribution in [3.8, 4) is 5.75 Å². The molecule has 1 rings (SSSR count). The Labute approximate surface area is 131 Å². The number of carbonyl (C=O) groups excluding carboxylic acids is 1. The number of nitrogens with two attached hydrogens (primary N) is 1. The second kappa shape index (κ2) is 8.58. The fraction of sp³-hybridized carbons (Fsp3) is 0.462. The molecule has 0 aliphatic heterocycles. The molecule has 21 heavy (non-hydrogen) atoms. The molecule has 0 aliphatic carbocycles. The zero-order valence-corrected chi connectivity index (χ0v) is 13.3. The monoisotopic (exact) mass is 359 g/mol. The van der Waals surface area contributed by atoms with Gasteiger partial charge in [0.25, 0.3) is 0 Å². The van der Waals surface area contributed by atoms with E-state index in [0.29, 0.717) is 17.4 Å². The standard InChI is InChI=1S/C13H18BrN3O4/c1-2-7-16-10(13(15)18)6-8-21-12-9(14)4-3-5-11(12)17(19)20/h3-5,10,16H,2,6-8H2,1H3,(H2,15,18). The maximum Gasteiger partial charge on any atom is 0.312 e. The molecule has 0 saturated heterocycles. The van der Waals surface area contributed by atoms with Crippen LogP contribution in [0, 0.1) is 10.1 Å². The maximum absolute atomic E-state index is 11.3. The van der Waals surface area contributed by atoms with Crippen molar-refractivity contribution in [2.75, 3.05) is 13.2 Å². The van der Waals surface area contributed by atoms with Crippen LogP contribution in [0.3, 0.4) is 0 Å². The van der Waals surface area contributed by atoms with Crippen LogP contribution in [0.2, 0.25) is 0 Å². The van der Waals surface area contributed by atoms with Crippen molar-refractivity contribution in [3.63, 3.8) is 0 Å². The average Bonchev–Trinajstić information content (AvgIpc) is 2.43. The molecule has 0 spiro atoms. The smallest absolute Gasteiger partial charge is 0.312 e. The van der Waals surface area contributed by atoms with Crippen LogP contribution >= 0.6 is 15.9 Å². The molecular formula is C13H18BrN3O4. The van der Waals surface area contributed by atoms with Gasteiger partial charge in [0.05, 0.1) is 22.0 Å². The van der Waals surface area contributed by atoms with E-state index in [1.165, 1.54) is 6.07 Å². The zero-order chi connectivity index (χ0) is 15.8. The second-order valence-corrected chi connectivity index (χ2v) is 5.25. The third-order valence-electron chi connectivity index (χ3n) is 2.78. The highest BCUT2D eigenvalue weighted by atomic mass is 79.9. The number of para-hydroxylation sites is 1. The van der Waals surface area contributed by atoms with E-state index in [1.54, 1.807) is 12.1 Å². The van der Waals surface area contributed by atoms with Gasteiger partial charge in [-0.25, -0.2) is 0 Å². The summed E-state index contributed by atoms with van der Waals surface area (Å²) in [5.74, 6) is -0.310. The van der Waals surface area contributed by atoms with Crippen LogP contribution in [0.4, 0.5) is 5.69 Å². The first-order chi connectivity index (χ1) is 9.97. The molecule has 1 aromatic carbocycles. The number of halogens is 1. The van der Waals surface area contributed by atoms with E-state index < -0.39 is 16.9 Å². The minimum Gasteiger partial charge on any atom is -0.486 e. The van der Waals surface area contributed by atoms with Crippen LogP contribution in [0.25, 0.3) is 0 Å². The van der Waals surface area contributed by atoms with Crippen LogP contribution in [-0.4, -0.2) is 30.0 Å². The Morgan fingerprint density at radius 3 is 2.86 bits per heavy atom. The van der Waals surface area contributed by atoms with Gasteiger partial charge < -0.3 is 15.8 Å². The van der Waals surface area contributed by atoms with Gasteiger partial charge in [0, 0.05) is 12.5 Å². The number of primary amides is 1. The molecule has 0 fully saturated rings. The minimum atomic E-state index is -0.513. The summed E-state index contributed by atoms with van der Waals surface area (Å²) in [6.07, 6.45) is 1.22. The molecule has 0 heterocycles. The van der Waals surface area contributed by atoms with Gasteiger partial charge in [-0.3, -0.25) is 14.9 Å². The molecule has 1 unspecified atom stereocenters. The Bertz CT molecular complexity index is 510. The number of nitro groups is 1. The number of benzene rings is 1. The van der Waals surface area contributed by atoms with E-state index in [0.717, 1.165) is 6.42 Å². The predicted octanol–water partition coefficient (Wildman–Crippen LogP) is 1.98. The zero-order valence-electron chi connectivity index (χ0n) is 11.7. The van der Waals surface area contributed by atoms with Crippen molar-refractivity contribution in [3.05, 3.63) is 32.8 Å². The fourth-order valence-electron chi connectivity index (χ4n) is 1.73. The third kappa shape index (κ3) is 5.31. The van der Waals surface area contributed by atoms with Crippen LogP contribution in [-0.2, 0) is 4.79 Å². The van der Waals surface area contributed by atoms with E-state index in [-0.39, 0.29) is 18.0 Å². The summed E-state index contributed by atoms with van der Waals surface area (Å²) < 4.78 is 5.95. The van der Waals surface area contributed by atoms with Gasteiger partial charge in [-0.15, -0.1) is 0 Å². The Morgan fingerprint density at radius 1 is 1.57 bits per heavy atom. The highest BCUT2D eigenvalue weighted by molar-refractivity contribution is 9.10. The number of carbonyl (C=O) groups is 1. The Balaban J connectivity index is 2.66. The van der Waals surface area contributed by atoms with Crippen molar-refractivity contribution in [2.45, 2.75) is 25.8 Å². The third-order valence-corrected chi connectivity index (χ3v) is 3.40. The minimum absolute atomic E-state index is 0.124. The molecule has 0 saturated carbocycles. The molecule has 7 nitrogen and oxygen atoms in total. The fourth-order valence-corrected chi connectivity index (χ4v) is 2.20. The number of nitrogens with one attached hydrogen (secondary N) is 1. The van der Waals surface area contributed by atoms with Crippen molar-refractivity contribution in [1.29, 1.82) is 0 Å². The summed E-state index contributed by atoms with van der Waals surface area (Å²) in [5, 5.41) is 13.9. The lowest BCUT2D eigenvalue weighted by Crippen LogP contribution is -2.42. The lowest BCUT2D eigenvalue weighted by molar-refractivity contribution is -0.386. The number of hydrogen-bond acceptors (Lipinski definition) is 5. The lowest BCUT2D eigenvalue weighted by Gasteiger charge is -2.15. The molecule has 1 amide bonds. The SMILES string of the molecule is CCCNC(CCOc1c(Br)cccc1[N+](=O)[O-])C(N)=O. The molecule has 1 aromatic rings. The van der Waals surface area contributed by atoms with Crippen LogP contribution in [0.1, 0.15) is 19.8 Å². The van der Waals surface area contributed by atoms with E-state index in [9.17, 15) is 14.9 Å². The maximum atomic E-state index is 11.3. The molecule has 8 heteroatoms. The first-order valence-corrected chi connectivity index (χ1v) is 7.35. The van der Waals surface area contributed by atoms with Crippen LogP contribution < -0.4 is 15.8 Å². The van der Waals surface area contributed by atoms with E-state index >= 15 is 0 Å². The van der Waals surface area contributed by atoms with E-state index in [1.807, 2.05) is 6.92 Å². The topological polar surface area (TPSA) is 107 Å². The summed E-state index contributed by atoms with van der Waals surface area (Å²) in [4.78, 5) is 21.7. The predicted molar refractivity (Wildman–Crippen MR) is 82.2 cm³/mol. The van der Waals surface area contributed by atoms with Crippen LogP contribution in [0.5, 0.6) is 5.75 Å². The molecular weight excluding hydrogens is 342 g/mol. The normalized spacial score (nSPS) is 11.9. The highest BCUT2D eigenvalue weighted by Gasteiger charge is 2.19. The Kier molecular flexibility index (Phi) is 7.10. The van der Waals surface area contributed by atoms with Gasteiger partial charge in [0.15, 0.2) is 0 Å². The number of ether oxygens (including phenoxy) is 1. The van der Waals surface area contributed by atoms with Gasteiger partial charge in [-0.2, -0.15) is 0 Å². The molecule has 1 atom stereocenters. The molecule has 116 valence electrons. The molecule has 0 radical (unpaired) electrons. The van der Waals surface area contributed by atoms with Crippen molar-refractivity contribution in [1.82, 2.24) is 5.32 Å². The van der Waals surface area contributed by atoms with Crippen molar-refractivity contribution >= 4 is 27.5 Å². The second-order valence-electron chi connectivity index (χ2n) is 4.39. The van der Waals surface area contributed by atoms with Crippen molar-refractivity contribution < 1.29 is 14.5 Å². The van der Waals surface area contributed by atoms with Gasteiger partial charge in [-0.1, -0.05) is 13.0 Å². The quantitative estimate of drug-likeness (QED) is 0.517. The largest absolute Gasteiger partial charge is 0.486 e. The van der Waals surface area contributed by atoms with Gasteiger partial charge in [0.2, 0.25) is 11.7 Å².